The molecule has 4 nitrogen and oxygen atoms in total. The Hall–Kier alpha value is -2.50. The van der Waals surface area contributed by atoms with E-state index in [0.717, 1.165) is 18.9 Å². The number of hydrogen-bond donors (Lipinski definition) is 0. The summed E-state index contributed by atoms with van der Waals surface area (Å²) in [6.45, 7) is 1.26. The molecule has 6 heteroatoms. The van der Waals surface area contributed by atoms with Crippen LogP contribution in [0.25, 0.3) is 0 Å². The fourth-order valence-corrected chi connectivity index (χ4v) is 3.35. The van der Waals surface area contributed by atoms with Crippen LogP contribution in [-0.2, 0) is 17.6 Å². The molecule has 0 radical (unpaired) electrons. The first-order valence-corrected chi connectivity index (χ1v) is 8.76. The molecule has 0 aliphatic carbocycles. The molecule has 3 rings (SSSR count). The quantitative estimate of drug-likeness (QED) is 0.821. The number of benzene rings is 1. The van der Waals surface area contributed by atoms with Gasteiger partial charge in [-0.1, -0.05) is 12.1 Å². The molecule has 1 aromatic heterocycles. The van der Waals surface area contributed by atoms with Gasteiger partial charge in [-0.2, -0.15) is 0 Å². The van der Waals surface area contributed by atoms with Crippen LogP contribution in [0.15, 0.2) is 36.5 Å². The summed E-state index contributed by atoms with van der Waals surface area (Å²) >= 11 is 0. The normalized spacial score (nSPS) is 15.1. The highest BCUT2D eigenvalue weighted by Gasteiger charge is 2.24. The molecule has 0 unspecified atom stereocenters. The van der Waals surface area contributed by atoms with Crippen LogP contribution in [0.1, 0.15) is 24.1 Å². The second-order valence-electron chi connectivity index (χ2n) is 6.61. The zero-order valence-corrected chi connectivity index (χ0v) is 14.8. The van der Waals surface area contributed by atoms with Crippen molar-refractivity contribution in [3.8, 4) is 5.75 Å². The van der Waals surface area contributed by atoms with Crippen molar-refractivity contribution in [1.82, 2.24) is 9.88 Å². The molecular weight excluding hydrogens is 338 g/mol. The molecule has 138 valence electrons. The molecule has 0 bridgehead atoms. The summed E-state index contributed by atoms with van der Waals surface area (Å²) in [5, 5.41) is 0. The van der Waals surface area contributed by atoms with Gasteiger partial charge in [-0.25, -0.2) is 8.78 Å². The van der Waals surface area contributed by atoms with Gasteiger partial charge in [-0.15, -0.1) is 0 Å². The van der Waals surface area contributed by atoms with E-state index in [0.29, 0.717) is 36.5 Å². The summed E-state index contributed by atoms with van der Waals surface area (Å²) in [7, 11) is 1.58. The molecule has 0 N–H and O–H groups in total. The Balaban J connectivity index is 1.53. The van der Waals surface area contributed by atoms with E-state index in [1.807, 2.05) is 4.90 Å². The Morgan fingerprint density at radius 3 is 2.77 bits per heavy atom. The lowest BCUT2D eigenvalue weighted by Gasteiger charge is -2.32. The number of carbonyl (C=O) groups is 1. The van der Waals surface area contributed by atoms with Gasteiger partial charge in [0.1, 0.15) is 5.75 Å². The maximum atomic E-state index is 13.8. The van der Waals surface area contributed by atoms with E-state index in [4.69, 9.17) is 4.74 Å². The highest BCUT2D eigenvalue weighted by atomic mass is 19.2. The minimum absolute atomic E-state index is 0.0288. The number of pyridine rings is 1. The Morgan fingerprint density at radius 1 is 1.27 bits per heavy atom. The number of nitrogens with zero attached hydrogens (tertiary/aromatic N) is 2. The van der Waals surface area contributed by atoms with Crippen molar-refractivity contribution in [2.75, 3.05) is 20.2 Å². The van der Waals surface area contributed by atoms with Gasteiger partial charge in [-0.05, 0) is 42.9 Å². The summed E-state index contributed by atoms with van der Waals surface area (Å²) in [4.78, 5) is 18.5. The topological polar surface area (TPSA) is 42.4 Å². The minimum atomic E-state index is -0.805. The molecule has 0 spiro atoms. The molecule has 26 heavy (non-hydrogen) atoms. The number of carbonyl (C=O) groups excluding carboxylic acids is 1. The molecule has 1 fully saturated rings. The standard InChI is InChI=1S/C20H22F2N2O2/c1-26-17-5-8-23-16(12-17)13-19(25)24-9-6-14(7-10-24)11-15-3-2-4-18(21)20(15)22/h2-5,8,12,14H,6-7,9-11,13H2,1H3. The summed E-state index contributed by atoms with van der Waals surface area (Å²) in [6.07, 6.45) is 3.94. The van der Waals surface area contributed by atoms with Crippen molar-refractivity contribution in [1.29, 1.82) is 0 Å². The van der Waals surface area contributed by atoms with Crippen LogP contribution in [0.4, 0.5) is 8.78 Å². The Labute approximate surface area is 151 Å². The van der Waals surface area contributed by atoms with Gasteiger partial charge < -0.3 is 9.64 Å². The molecular formula is C20H22F2N2O2. The lowest BCUT2D eigenvalue weighted by molar-refractivity contribution is -0.131. The van der Waals surface area contributed by atoms with E-state index in [1.54, 1.807) is 31.5 Å². The summed E-state index contributed by atoms with van der Waals surface area (Å²) in [6, 6.07) is 7.80. The van der Waals surface area contributed by atoms with Gasteiger partial charge in [-0.3, -0.25) is 9.78 Å². The summed E-state index contributed by atoms with van der Waals surface area (Å²) < 4.78 is 32.3. The third kappa shape index (κ3) is 4.36. The SMILES string of the molecule is COc1ccnc(CC(=O)N2CCC(Cc3cccc(F)c3F)CC2)c1. The van der Waals surface area contributed by atoms with E-state index in [9.17, 15) is 13.6 Å². The van der Waals surface area contributed by atoms with Gasteiger partial charge in [0.15, 0.2) is 11.6 Å². The summed E-state index contributed by atoms with van der Waals surface area (Å²) in [5.41, 5.74) is 1.09. The smallest absolute Gasteiger partial charge is 0.228 e. The van der Waals surface area contributed by atoms with Crippen LogP contribution in [0.2, 0.25) is 0 Å². The second-order valence-corrected chi connectivity index (χ2v) is 6.61. The van der Waals surface area contributed by atoms with E-state index in [-0.39, 0.29) is 18.2 Å². The third-order valence-corrected chi connectivity index (χ3v) is 4.86. The second kappa shape index (κ2) is 8.25. The van der Waals surface area contributed by atoms with E-state index in [1.165, 1.54) is 6.07 Å². The Bertz CT molecular complexity index is 774. The van der Waals surface area contributed by atoms with Gasteiger partial charge in [0, 0.05) is 25.4 Å². The number of likely N-dealkylation sites (tertiary alicyclic amines) is 1. The first kappa shape index (κ1) is 18.3. The van der Waals surface area contributed by atoms with Gasteiger partial charge in [0.05, 0.1) is 19.2 Å². The predicted molar refractivity (Wildman–Crippen MR) is 93.9 cm³/mol. The molecule has 0 saturated carbocycles. The van der Waals surface area contributed by atoms with Crippen LogP contribution < -0.4 is 4.74 Å². The average molecular weight is 360 g/mol. The van der Waals surface area contributed by atoms with Crippen molar-refractivity contribution in [2.45, 2.75) is 25.7 Å². The fraction of sp³-hybridized carbons (Fsp3) is 0.400. The zero-order valence-electron chi connectivity index (χ0n) is 14.8. The molecule has 0 atom stereocenters. The number of halogens is 2. The largest absolute Gasteiger partial charge is 0.497 e. The van der Waals surface area contributed by atoms with Crippen molar-refractivity contribution in [3.05, 3.63) is 59.4 Å². The monoisotopic (exact) mass is 360 g/mol. The lowest BCUT2D eigenvalue weighted by Crippen LogP contribution is -2.39. The average Bonchev–Trinajstić information content (AvgIpc) is 2.66. The number of ether oxygens (including phenoxy) is 1. The number of piperidine rings is 1. The predicted octanol–water partition coefficient (Wildman–Crippen LogP) is 3.39. The fourth-order valence-electron chi connectivity index (χ4n) is 3.35. The van der Waals surface area contributed by atoms with Crippen molar-refractivity contribution in [3.63, 3.8) is 0 Å². The Morgan fingerprint density at radius 2 is 2.04 bits per heavy atom. The van der Waals surface area contributed by atoms with E-state index in [2.05, 4.69) is 4.98 Å². The van der Waals surface area contributed by atoms with Crippen LogP contribution in [0.3, 0.4) is 0 Å². The first-order valence-electron chi connectivity index (χ1n) is 8.76. The van der Waals surface area contributed by atoms with Crippen LogP contribution in [0, 0.1) is 17.6 Å². The maximum Gasteiger partial charge on any atom is 0.228 e. The van der Waals surface area contributed by atoms with Crippen molar-refractivity contribution >= 4 is 5.91 Å². The minimum Gasteiger partial charge on any atom is -0.497 e. The maximum absolute atomic E-state index is 13.8. The highest BCUT2D eigenvalue weighted by molar-refractivity contribution is 5.78. The van der Waals surface area contributed by atoms with Crippen LogP contribution in [-0.4, -0.2) is 36.0 Å². The number of aromatic nitrogens is 1. The number of amides is 1. The van der Waals surface area contributed by atoms with Gasteiger partial charge >= 0.3 is 0 Å². The van der Waals surface area contributed by atoms with Crippen LogP contribution in [0.5, 0.6) is 5.75 Å². The van der Waals surface area contributed by atoms with Gasteiger partial charge in [0.25, 0.3) is 0 Å². The van der Waals surface area contributed by atoms with E-state index < -0.39 is 11.6 Å². The molecule has 1 aliphatic rings. The number of rotatable bonds is 5. The summed E-state index contributed by atoms with van der Waals surface area (Å²) in [5.74, 6) is -0.596. The van der Waals surface area contributed by atoms with Crippen molar-refractivity contribution < 1.29 is 18.3 Å². The zero-order chi connectivity index (χ0) is 18.5. The third-order valence-electron chi connectivity index (χ3n) is 4.86. The molecule has 1 aliphatic heterocycles. The lowest BCUT2D eigenvalue weighted by atomic mass is 9.90. The number of hydrogen-bond acceptors (Lipinski definition) is 3. The molecule has 1 amide bonds. The molecule has 2 heterocycles. The Kier molecular flexibility index (Phi) is 5.81. The molecule has 1 saturated heterocycles. The first-order chi connectivity index (χ1) is 12.6. The highest BCUT2D eigenvalue weighted by Crippen LogP contribution is 2.24. The van der Waals surface area contributed by atoms with Crippen molar-refractivity contribution in [2.24, 2.45) is 5.92 Å². The van der Waals surface area contributed by atoms with Crippen LogP contribution >= 0.6 is 0 Å². The number of methoxy groups -OCH3 is 1. The van der Waals surface area contributed by atoms with Gasteiger partial charge in [0.2, 0.25) is 5.91 Å². The van der Waals surface area contributed by atoms with E-state index >= 15 is 0 Å². The molecule has 2 aromatic rings. The molecule has 1 aromatic carbocycles.